The van der Waals surface area contributed by atoms with Crippen LogP contribution in [0, 0.1) is 5.92 Å². The number of hydrogen-bond donors (Lipinski definition) is 0. The molecule has 0 N–H and O–H groups in total. The maximum atomic E-state index is 11.9. The van der Waals surface area contributed by atoms with Gasteiger partial charge in [-0.25, -0.2) is 0 Å². The molecule has 5 nitrogen and oxygen atoms in total. The van der Waals surface area contributed by atoms with E-state index >= 15 is 0 Å². The summed E-state index contributed by atoms with van der Waals surface area (Å²) in [6.45, 7) is 5.72. The smallest absolute Gasteiger partial charge is 0.326 e. The van der Waals surface area contributed by atoms with Crippen molar-refractivity contribution in [1.29, 1.82) is 0 Å². The number of carbonyl (C=O) groups is 2. The molecule has 2 aromatic rings. The summed E-state index contributed by atoms with van der Waals surface area (Å²) < 4.78 is 8.62. The summed E-state index contributed by atoms with van der Waals surface area (Å²) in [6.07, 6.45) is 0. The second-order valence-corrected chi connectivity index (χ2v) is 6.92. The van der Waals surface area contributed by atoms with Crippen LogP contribution < -0.4 is 4.80 Å². The highest BCUT2D eigenvalue weighted by atomic mass is 79.9. The Hall–Kier alpha value is -1.47. The van der Waals surface area contributed by atoms with Gasteiger partial charge in [-0.3, -0.25) is 9.59 Å². The van der Waals surface area contributed by atoms with Gasteiger partial charge in [0.15, 0.2) is 4.80 Å². The lowest BCUT2D eigenvalue weighted by Gasteiger charge is -2.05. The summed E-state index contributed by atoms with van der Waals surface area (Å²) in [4.78, 5) is 28.4. The van der Waals surface area contributed by atoms with Gasteiger partial charge in [0.25, 0.3) is 5.91 Å². The molecule has 0 radical (unpaired) electrons. The van der Waals surface area contributed by atoms with Gasteiger partial charge in [-0.05, 0) is 25.1 Å². The van der Waals surface area contributed by atoms with Crippen LogP contribution in [0.1, 0.15) is 20.8 Å². The SMILES string of the molecule is CCOC(=O)Cn1c(=NC(=O)C(C)C)sc2cc(Br)ccc21. The molecule has 0 fully saturated rings. The predicted molar refractivity (Wildman–Crippen MR) is 89.6 cm³/mol. The van der Waals surface area contributed by atoms with E-state index in [-0.39, 0.29) is 24.3 Å². The number of amides is 1. The van der Waals surface area contributed by atoms with Crippen molar-refractivity contribution in [2.75, 3.05) is 6.61 Å². The maximum Gasteiger partial charge on any atom is 0.326 e. The van der Waals surface area contributed by atoms with Gasteiger partial charge in [0.05, 0.1) is 16.8 Å². The lowest BCUT2D eigenvalue weighted by atomic mass is 10.2. The standard InChI is InChI=1S/C15H17BrN2O3S/c1-4-21-13(19)8-18-11-6-5-10(16)7-12(11)22-15(18)17-14(20)9(2)3/h5-7,9H,4,8H2,1-3H3. The Kier molecular flexibility index (Phi) is 5.52. The van der Waals surface area contributed by atoms with Crippen LogP contribution in [0.25, 0.3) is 10.2 Å². The number of ether oxygens (including phenoxy) is 1. The van der Waals surface area contributed by atoms with Crippen molar-refractivity contribution in [2.45, 2.75) is 27.3 Å². The first-order valence-electron chi connectivity index (χ1n) is 6.95. The number of halogens is 1. The normalized spacial score (nSPS) is 12.1. The largest absolute Gasteiger partial charge is 0.465 e. The van der Waals surface area contributed by atoms with Crippen molar-refractivity contribution in [1.82, 2.24) is 4.57 Å². The minimum absolute atomic E-state index is 0.0414. The molecular formula is C15H17BrN2O3S. The molecule has 0 aliphatic carbocycles. The number of rotatable bonds is 4. The van der Waals surface area contributed by atoms with E-state index in [0.717, 1.165) is 14.7 Å². The maximum absolute atomic E-state index is 11.9. The molecule has 22 heavy (non-hydrogen) atoms. The first-order valence-corrected chi connectivity index (χ1v) is 8.56. The van der Waals surface area contributed by atoms with Crippen molar-refractivity contribution in [3.63, 3.8) is 0 Å². The number of fused-ring (bicyclic) bond motifs is 1. The molecule has 7 heteroatoms. The predicted octanol–water partition coefficient (Wildman–Crippen LogP) is 3.11. The average molecular weight is 385 g/mol. The molecule has 1 aromatic carbocycles. The summed E-state index contributed by atoms with van der Waals surface area (Å²) in [5.41, 5.74) is 0.858. The van der Waals surface area contributed by atoms with Gasteiger partial charge < -0.3 is 9.30 Å². The third kappa shape index (κ3) is 3.84. The summed E-state index contributed by atoms with van der Waals surface area (Å²) in [5.74, 6) is -0.736. The van der Waals surface area contributed by atoms with E-state index in [4.69, 9.17) is 4.74 Å². The van der Waals surface area contributed by atoms with Crippen molar-refractivity contribution in [3.05, 3.63) is 27.5 Å². The van der Waals surface area contributed by atoms with Crippen LogP contribution in [0.2, 0.25) is 0 Å². The molecule has 1 aromatic heterocycles. The van der Waals surface area contributed by atoms with E-state index in [1.807, 2.05) is 18.2 Å². The highest BCUT2D eigenvalue weighted by Crippen LogP contribution is 2.22. The Balaban J connectivity index is 2.58. The van der Waals surface area contributed by atoms with Crippen LogP contribution in [0.15, 0.2) is 27.7 Å². The quantitative estimate of drug-likeness (QED) is 0.760. The molecule has 0 atom stereocenters. The summed E-state index contributed by atoms with van der Waals surface area (Å²) in [7, 11) is 0. The molecule has 1 amide bonds. The van der Waals surface area contributed by atoms with E-state index in [1.54, 1.807) is 25.3 Å². The first kappa shape index (κ1) is 16.9. The Morgan fingerprint density at radius 2 is 2.14 bits per heavy atom. The molecule has 0 spiro atoms. The number of thiazole rings is 1. The van der Waals surface area contributed by atoms with Gasteiger partial charge in [0.1, 0.15) is 6.54 Å². The monoisotopic (exact) mass is 384 g/mol. The van der Waals surface area contributed by atoms with E-state index in [2.05, 4.69) is 20.9 Å². The fraction of sp³-hybridized carbons (Fsp3) is 0.400. The van der Waals surface area contributed by atoms with Crippen LogP contribution in [0.3, 0.4) is 0 Å². The third-order valence-electron chi connectivity index (χ3n) is 2.94. The summed E-state index contributed by atoms with van der Waals surface area (Å²) in [6, 6.07) is 5.74. The van der Waals surface area contributed by atoms with Gasteiger partial charge in [-0.2, -0.15) is 4.99 Å². The molecule has 0 aliphatic rings. The third-order valence-corrected chi connectivity index (χ3v) is 4.47. The fourth-order valence-electron chi connectivity index (χ4n) is 1.84. The summed E-state index contributed by atoms with van der Waals surface area (Å²) in [5, 5.41) is 0. The molecule has 0 aliphatic heterocycles. The Morgan fingerprint density at radius 1 is 1.41 bits per heavy atom. The van der Waals surface area contributed by atoms with Crippen LogP contribution in [-0.2, 0) is 20.9 Å². The van der Waals surface area contributed by atoms with Crippen molar-refractivity contribution >= 4 is 49.4 Å². The Bertz CT molecular complexity index is 777. The Morgan fingerprint density at radius 3 is 2.77 bits per heavy atom. The van der Waals surface area contributed by atoms with Crippen molar-refractivity contribution in [3.8, 4) is 0 Å². The molecule has 0 saturated carbocycles. The zero-order valence-electron chi connectivity index (χ0n) is 12.6. The fourth-order valence-corrected chi connectivity index (χ4v) is 3.43. The highest BCUT2D eigenvalue weighted by molar-refractivity contribution is 9.10. The Labute approximate surface area is 140 Å². The second-order valence-electron chi connectivity index (χ2n) is 4.99. The topological polar surface area (TPSA) is 60.7 Å². The molecule has 118 valence electrons. The van der Waals surface area contributed by atoms with Crippen LogP contribution in [0.4, 0.5) is 0 Å². The lowest BCUT2D eigenvalue weighted by Crippen LogP contribution is -2.23. The van der Waals surface area contributed by atoms with E-state index < -0.39 is 0 Å². The molecule has 0 bridgehead atoms. The van der Waals surface area contributed by atoms with E-state index in [9.17, 15) is 9.59 Å². The minimum atomic E-state index is -0.344. The van der Waals surface area contributed by atoms with E-state index in [0.29, 0.717) is 11.4 Å². The molecular weight excluding hydrogens is 368 g/mol. The first-order chi connectivity index (χ1) is 10.4. The van der Waals surface area contributed by atoms with E-state index in [1.165, 1.54) is 11.3 Å². The zero-order chi connectivity index (χ0) is 16.3. The number of aromatic nitrogens is 1. The molecule has 1 heterocycles. The summed E-state index contributed by atoms with van der Waals surface area (Å²) >= 11 is 4.81. The minimum Gasteiger partial charge on any atom is -0.465 e. The van der Waals surface area contributed by atoms with Gasteiger partial charge in [-0.1, -0.05) is 41.1 Å². The zero-order valence-corrected chi connectivity index (χ0v) is 15.0. The van der Waals surface area contributed by atoms with Gasteiger partial charge >= 0.3 is 5.97 Å². The number of carbonyl (C=O) groups excluding carboxylic acids is 2. The lowest BCUT2D eigenvalue weighted by molar-refractivity contribution is -0.143. The van der Waals surface area contributed by atoms with Crippen molar-refractivity contribution < 1.29 is 14.3 Å². The number of nitrogens with zero attached hydrogens (tertiary/aromatic N) is 2. The number of benzene rings is 1. The molecule has 0 unspecified atom stereocenters. The molecule has 2 rings (SSSR count). The van der Waals surface area contributed by atoms with Crippen LogP contribution in [0.5, 0.6) is 0 Å². The average Bonchev–Trinajstić information content (AvgIpc) is 2.75. The molecule has 0 saturated heterocycles. The number of hydrogen-bond acceptors (Lipinski definition) is 4. The van der Waals surface area contributed by atoms with Crippen molar-refractivity contribution in [2.24, 2.45) is 10.9 Å². The van der Waals surface area contributed by atoms with Crippen LogP contribution >= 0.6 is 27.3 Å². The van der Waals surface area contributed by atoms with Gasteiger partial charge in [0.2, 0.25) is 0 Å². The van der Waals surface area contributed by atoms with Crippen LogP contribution in [-0.4, -0.2) is 23.1 Å². The number of esters is 1. The highest BCUT2D eigenvalue weighted by Gasteiger charge is 2.13. The second kappa shape index (κ2) is 7.19. The van der Waals surface area contributed by atoms with Gasteiger partial charge in [-0.15, -0.1) is 0 Å². The van der Waals surface area contributed by atoms with Gasteiger partial charge in [0, 0.05) is 10.4 Å².